The third kappa shape index (κ3) is 5.76. The van der Waals surface area contributed by atoms with E-state index in [2.05, 4.69) is 10.6 Å². The summed E-state index contributed by atoms with van der Waals surface area (Å²) in [4.78, 5) is 24.1. The van der Waals surface area contributed by atoms with Crippen molar-refractivity contribution >= 4 is 35.2 Å². The normalized spacial score (nSPS) is 10.6. The number of amides is 2. The lowest BCUT2D eigenvalue weighted by atomic mass is 10.1. The van der Waals surface area contributed by atoms with E-state index in [1.54, 1.807) is 42.5 Å². The highest BCUT2D eigenvalue weighted by molar-refractivity contribution is 6.32. The minimum Gasteiger partial charge on any atom is -0.493 e. The molecule has 28 heavy (non-hydrogen) atoms. The van der Waals surface area contributed by atoms with Gasteiger partial charge in [-0.1, -0.05) is 17.7 Å². The Kier molecular flexibility index (Phi) is 7.89. The molecule has 0 unspecified atom stereocenters. The van der Waals surface area contributed by atoms with Gasteiger partial charge in [0.1, 0.15) is 0 Å². The van der Waals surface area contributed by atoms with Gasteiger partial charge in [0.2, 0.25) is 5.91 Å². The van der Waals surface area contributed by atoms with Gasteiger partial charge in [-0.15, -0.1) is 0 Å². The quantitative estimate of drug-likeness (QED) is 0.650. The monoisotopic (exact) mass is 402 g/mol. The Morgan fingerprint density at radius 2 is 1.96 bits per heavy atom. The topological polar surface area (TPSA) is 76.7 Å². The summed E-state index contributed by atoms with van der Waals surface area (Å²) in [5.74, 6) is 0.432. The van der Waals surface area contributed by atoms with Crippen LogP contribution in [0.3, 0.4) is 0 Å². The zero-order valence-corrected chi connectivity index (χ0v) is 16.8. The van der Waals surface area contributed by atoms with Crippen LogP contribution in [-0.4, -0.2) is 32.1 Å². The van der Waals surface area contributed by atoms with Crippen molar-refractivity contribution in [3.63, 3.8) is 0 Å². The standard InChI is InChI=1S/C21H23ClN2O4/c1-4-23-21(26)15-7-6-8-16(13-15)24-19(25)10-9-14-11-17(22)20(28-5-2)18(12-14)27-3/h6-13H,4-5H2,1-3H3,(H,23,26)(H,24,25)/b10-9+. The lowest BCUT2D eigenvalue weighted by molar-refractivity contribution is -0.111. The second-order valence-corrected chi connectivity index (χ2v) is 6.14. The zero-order valence-electron chi connectivity index (χ0n) is 16.0. The molecule has 0 aliphatic heterocycles. The maximum absolute atomic E-state index is 12.2. The van der Waals surface area contributed by atoms with Crippen LogP contribution in [0.4, 0.5) is 5.69 Å². The molecule has 0 heterocycles. The third-order valence-corrected chi connectivity index (χ3v) is 3.98. The van der Waals surface area contributed by atoms with E-state index >= 15 is 0 Å². The average Bonchev–Trinajstić information content (AvgIpc) is 2.68. The van der Waals surface area contributed by atoms with E-state index in [0.717, 1.165) is 0 Å². The molecule has 0 saturated heterocycles. The number of methoxy groups -OCH3 is 1. The largest absolute Gasteiger partial charge is 0.493 e. The maximum Gasteiger partial charge on any atom is 0.251 e. The van der Waals surface area contributed by atoms with Crippen LogP contribution in [0.5, 0.6) is 11.5 Å². The summed E-state index contributed by atoms with van der Waals surface area (Å²) in [5, 5.41) is 5.85. The van der Waals surface area contributed by atoms with Crippen LogP contribution in [0.2, 0.25) is 5.02 Å². The lowest BCUT2D eigenvalue weighted by Gasteiger charge is -2.11. The smallest absolute Gasteiger partial charge is 0.251 e. The van der Waals surface area contributed by atoms with Crippen LogP contribution in [0.1, 0.15) is 29.8 Å². The lowest BCUT2D eigenvalue weighted by Crippen LogP contribution is -2.22. The van der Waals surface area contributed by atoms with Gasteiger partial charge < -0.3 is 20.1 Å². The number of hydrogen-bond acceptors (Lipinski definition) is 4. The number of benzene rings is 2. The molecule has 0 saturated carbocycles. The molecule has 0 fully saturated rings. The van der Waals surface area contributed by atoms with Gasteiger partial charge >= 0.3 is 0 Å². The molecule has 2 aromatic rings. The van der Waals surface area contributed by atoms with Gasteiger partial charge in [0.05, 0.1) is 18.7 Å². The number of hydrogen-bond donors (Lipinski definition) is 2. The zero-order chi connectivity index (χ0) is 20.5. The van der Waals surface area contributed by atoms with Gasteiger partial charge in [0.15, 0.2) is 11.5 Å². The highest BCUT2D eigenvalue weighted by Crippen LogP contribution is 2.36. The molecule has 2 N–H and O–H groups in total. The van der Waals surface area contributed by atoms with Crippen LogP contribution in [0.15, 0.2) is 42.5 Å². The number of halogens is 1. The molecular formula is C21H23ClN2O4. The van der Waals surface area contributed by atoms with Gasteiger partial charge in [-0.3, -0.25) is 9.59 Å². The molecule has 0 aliphatic carbocycles. The van der Waals surface area contributed by atoms with Gasteiger partial charge in [-0.05, 0) is 55.8 Å². The number of rotatable bonds is 8. The first-order valence-electron chi connectivity index (χ1n) is 8.86. The van der Waals surface area contributed by atoms with E-state index in [0.29, 0.717) is 46.5 Å². The first kappa shape index (κ1) is 21.3. The Hall–Kier alpha value is -2.99. The first-order chi connectivity index (χ1) is 13.5. The molecular weight excluding hydrogens is 380 g/mol. The molecule has 0 atom stereocenters. The van der Waals surface area contributed by atoms with E-state index < -0.39 is 0 Å². The van der Waals surface area contributed by atoms with Gasteiger partial charge in [0, 0.05) is 23.9 Å². The summed E-state index contributed by atoms with van der Waals surface area (Å²) in [6.45, 7) is 4.70. The molecule has 0 aliphatic rings. The highest BCUT2D eigenvalue weighted by atomic mass is 35.5. The second-order valence-electron chi connectivity index (χ2n) is 5.73. The minimum absolute atomic E-state index is 0.190. The Labute approximate surface area is 169 Å². The van der Waals surface area contributed by atoms with Crippen LogP contribution in [0.25, 0.3) is 6.08 Å². The first-order valence-corrected chi connectivity index (χ1v) is 9.23. The van der Waals surface area contributed by atoms with Crippen LogP contribution < -0.4 is 20.1 Å². The Bertz CT molecular complexity index is 881. The predicted molar refractivity (Wildman–Crippen MR) is 111 cm³/mol. The number of carbonyl (C=O) groups excluding carboxylic acids is 2. The van der Waals surface area contributed by atoms with Crippen molar-refractivity contribution in [3.8, 4) is 11.5 Å². The minimum atomic E-state index is -0.336. The van der Waals surface area contributed by atoms with E-state index in [9.17, 15) is 9.59 Å². The number of ether oxygens (including phenoxy) is 2. The maximum atomic E-state index is 12.2. The Balaban J connectivity index is 2.11. The molecule has 2 amide bonds. The number of nitrogens with one attached hydrogen (secondary N) is 2. The van der Waals surface area contributed by atoms with Crippen molar-refractivity contribution in [2.24, 2.45) is 0 Å². The molecule has 2 aromatic carbocycles. The fourth-order valence-electron chi connectivity index (χ4n) is 2.48. The summed E-state index contributed by atoms with van der Waals surface area (Å²) in [6, 6.07) is 10.1. The summed E-state index contributed by atoms with van der Waals surface area (Å²) in [5.41, 5.74) is 1.70. The van der Waals surface area contributed by atoms with Crippen molar-refractivity contribution in [1.29, 1.82) is 0 Å². The van der Waals surface area contributed by atoms with Gasteiger partial charge in [-0.2, -0.15) is 0 Å². The van der Waals surface area contributed by atoms with Gasteiger partial charge in [-0.25, -0.2) is 0 Å². The number of carbonyl (C=O) groups is 2. The molecule has 148 valence electrons. The summed E-state index contributed by atoms with van der Waals surface area (Å²) < 4.78 is 10.8. The van der Waals surface area contributed by atoms with Crippen molar-refractivity contribution in [2.45, 2.75) is 13.8 Å². The molecule has 6 nitrogen and oxygen atoms in total. The molecule has 7 heteroatoms. The fraction of sp³-hybridized carbons (Fsp3) is 0.238. The van der Waals surface area contributed by atoms with Crippen LogP contribution >= 0.6 is 11.6 Å². The molecule has 0 spiro atoms. The second kappa shape index (κ2) is 10.4. The summed E-state index contributed by atoms with van der Waals surface area (Å²) in [6.07, 6.45) is 3.00. The van der Waals surface area contributed by atoms with E-state index in [-0.39, 0.29) is 11.8 Å². The molecule has 0 aromatic heterocycles. The fourth-order valence-corrected chi connectivity index (χ4v) is 2.75. The molecule has 2 rings (SSSR count). The molecule has 0 radical (unpaired) electrons. The van der Waals surface area contributed by atoms with Crippen LogP contribution in [0, 0.1) is 0 Å². The van der Waals surface area contributed by atoms with Crippen molar-refractivity contribution in [2.75, 3.05) is 25.6 Å². The van der Waals surface area contributed by atoms with E-state index in [4.69, 9.17) is 21.1 Å². The SMILES string of the molecule is CCNC(=O)c1cccc(NC(=O)/C=C/c2cc(Cl)c(OCC)c(OC)c2)c1. The van der Waals surface area contributed by atoms with Crippen molar-refractivity contribution in [3.05, 3.63) is 58.6 Å². The number of anilines is 1. The van der Waals surface area contributed by atoms with E-state index in [1.165, 1.54) is 13.2 Å². The third-order valence-electron chi connectivity index (χ3n) is 3.70. The Morgan fingerprint density at radius 1 is 1.18 bits per heavy atom. The average molecular weight is 403 g/mol. The summed E-state index contributed by atoms with van der Waals surface area (Å²) >= 11 is 6.23. The van der Waals surface area contributed by atoms with Crippen LogP contribution in [-0.2, 0) is 4.79 Å². The van der Waals surface area contributed by atoms with E-state index in [1.807, 2.05) is 13.8 Å². The van der Waals surface area contributed by atoms with Crippen molar-refractivity contribution in [1.82, 2.24) is 5.32 Å². The van der Waals surface area contributed by atoms with Crippen molar-refractivity contribution < 1.29 is 19.1 Å². The highest BCUT2D eigenvalue weighted by Gasteiger charge is 2.11. The van der Waals surface area contributed by atoms with Gasteiger partial charge in [0.25, 0.3) is 5.91 Å². The molecule has 0 bridgehead atoms. The Morgan fingerprint density at radius 3 is 2.64 bits per heavy atom. The summed E-state index contributed by atoms with van der Waals surface area (Å²) in [7, 11) is 1.52. The predicted octanol–water partition coefficient (Wildman–Crippen LogP) is 4.15.